The number of rotatable bonds is 6. The van der Waals surface area contributed by atoms with Crippen LogP contribution in [0, 0.1) is 5.82 Å². The average molecular weight is 508 g/mol. The van der Waals surface area contributed by atoms with Gasteiger partial charge in [0.1, 0.15) is 11.6 Å². The summed E-state index contributed by atoms with van der Waals surface area (Å²) in [5.74, 6) is 0.748. The highest BCUT2D eigenvalue weighted by molar-refractivity contribution is 5.81. The number of hydrogen-bond acceptors (Lipinski definition) is 4. The number of halogens is 1. The van der Waals surface area contributed by atoms with Gasteiger partial charge in [0.2, 0.25) is 11.7 Å². The first-order chi connectivity index (χ1) is 18.6. The average Bonchev–Trinajstić information content (AvgIpc) is 3.39. The number of fused-ring (bicyclic) bond motifs is 3. The molecule has 8 heteroatoms. The van der Waals surface area contributed by atoms with Crippen LogP contribution in [-0.2, 0) is 17.8 Å². The van der Waals surface area contributed by atoms with Crippen molar-refractivity contribution in [2.75, 3.05) is 13.1 Å². The minimum atomic E-state index is -0.334. The van der Waals surface area contributed by atoms with Crippen molar-refractivity contribution in [3.8, 4) is 0 Å². The molecule has 1 aliphatic heterocycles. The fraction of sp³-hybridized carbons (Fsp3) is 0.200. The molecule has 190 valence electrons. The van der Waals surface area contributed by atoms with Gasteiger partial charge in [-0.15, -0.1) is 10.2 Å². The van der Waals surface area contributed by atoms with Crippen molar-refractivity contribution in [3.63, 3.8) is 0 Å². The van der Waals surface area contributed by atoms with Gasteiger partial charge in [-0.1, -0.05) is 60.7 Å². The number of para-hydroxylation sites is 1. The summed E-state index contributed by atoms with van der Waals surface area (Å²) in [6.07, 6.45) is 3.64. The van der Waals surface area contributed by atoms with E-state index in [9.17, 15) is 14.0 Å². The molecule has 0 radical (unpaired) electrons. The molecule has 2 aromatic heterocycles. The van der Waals surface area contributed by atoms with Crippen LogP contribution in [0.1, 0.15) is 29.8 Å². The Morgan fingerprint density at radius 3 is 2.45 bits per heavy atom. The topological polar surface area (TPSA) is 72.5 Å². The third-order valence-corrected chi connectivity index (χ3v) is 7.10. The summed E-state index contributed by atoms with van der Waals surface area (Å²) >= 11 is 0. The second-order valence-corrected chi connectivity index (χ2v) is 9.47. The highest BCUT2D eigenvalue weighted by Crippen LogP contribution is 2.23. The number of amides is 1. The zero-order valence-corrected chi connectivity index (χ0v) is 20.8. The molecule has 0 N–H and O–H groups in total. The summed E-state index contributed by atoms with van der Waals surface area (Å²) in [6, 6.07) is 23.6. The van der Waals surface area contributed by atoms with E-state index >= 15 is 0 Å². The first-order valence-electron chi connectivity index (χ1n) is 12.7. The molecule has 0 saturated carbocycles. The van der Waals surface area contributed by atoms with Gasteiger partial charge < -0.3 is 4.90 Å². The van der Waals surface area contributed by atoms with E-state index in [0.29, 0.717) is 48.4 Å². The maximum Gasteiger partial charge on any atom is 0.263 e. The molecule has 1 aliphatic rings. The molecule has 6 rings (SSSR count). The van der Waals surface area contributed by atoms with Gasteiger partial charge in [0.05, 0.1) is 17.4 Å². The Morgan fingerprint density at radius 1 is 0.921 bits per heavy atom. The minimum absolute atomic E-state index is 0.0639. The second kappa shape index (κ2) is 10.0. The number of nitrogens with zero attached hydrogens (tertiary/aromatic N) is 5. The van der Waals surface area contributed by atoms with Crippen LogP contribution in [0.25, 0.3) is 22.3 Å². The number of carbonyl (C=O) groups excluding carboxylic acids is 1. The SMILES string of the molecule is O=C(CCc1nnc2n(Cc3ccc(F)cc3)c(=O)c3ccccc3n12)N1CC=C(c2ccccc2)CC1. The van der Waals surface area contributed by atoms with E-state index < -0.39 is 0 Å². The van der Waals surface area contributed by atoms with Crippen LogP contribution in [-0.4, -0.2) is 43.1 Å². The molecule has 1 amide bonds. The molecular weight excluding hydrogens is 481 g/mol. The van der Waals surface area contributed by atoms with Crippen molar-refractivity contribution in [2.24, 2.45) is 0 Å². The van der Waals surface area contributed by atoms with Crippen molar-refractivity contribution in [3.05, 3.63) is 118 Å². The van der Waals surface area contributed by atoms with Crippen LogP contribution in [0.2, 0.25) is 0 Å². The lowest BCUT2D eigenvalue weighted by atomic mass is 9.99. The third kappa shape index (κ3) is 4.49. The zero-order valence-electron chi connectivity index (χ0n) is 20.8. The molecule has 0 bridgehead atoms. The first kappa shape index (κ1) is 23.8. The first-order valence-corrected chi connectivity index (χ1v) is 12.7. The van der Waals surface area contributed by atoms with Crippen molar-refractivity contribution in [2.45, 2.75) is 25.8 Å². The number of benzene rings is 3. The Kier molecular flexibility index (Phi) is 6.29. The maximum absolute atomic E-state index is 13.4. The van der Waals surface area contributed by atoms with Gasteiger partial charge in [0, 0.05) is 25.9 Å². The smallest absolute Gasteiger partial charge is 0.263 e. The van der Waals surface area contributed by atoms with E-state index in [0.717, 1.165) is 12.0 Å². The standard InChI is InChI=1S/C30H26FN5O2/c31-24-12-10-21(11-13-24)20-35-29(38)25-8-4-5-9-26(25)36-27(32-33-30(35)36)14-15-28(37)34-18-16-23(17-19-34)22-6-2-1-3-7-22/h1-13,16H,14-15,17-20H2. The lowest BCUT2D eigenvalue weighted by Gasteiger charge is -2.26. The Hall–Kier alpha value is -4.59. The van der Waals surface area contributed by atoms with Crippen LogP contribution in [0.15, 0.2) is 89.7 Å². The fourth-order valence-corrected chi connectivity index (χ4v) is 5.08. The minimum Gasteiger partial charge on any atom is -0.339 e. The van der Waals surface area contributed by atoms with Gasteiger partial charge in [-0.3, -0.25) is 18.6 Å². The van der Waals surface area contributed by atoms with Crippen LogP contribution >= 0.6 is 0 Å². The fourth-order valence-electron chi connectivity index (χ4n) is 5.08. The van der Waals surface area contributed by atoms with Gasteiger partial charge in [0.25, 0.3) is 5.56 Å². The summed E-state index contributed by atoms with van der Waals surface area (Å²) in [4.78, 5) is 28.3. The monoisotopic (exact) mass is 507 g/mol. The molecule has 0 spiro atoms. The summed E-state index contributed by atoms with van der Waals surface area (Å²) in [5.41, 5.74) is 3.75. The quantitative estimate of drug-likeness (QED) is 0.340. The van der Waals surface area contributed by atoms with Crippen molar-refractivity contribution in [1.29, 1.82) is 0 Å². The molecule has 7 nitrogen and oxygen atoms in total. The lowest BCUT2D eigenvalue weighted by molar-refractivity contribution is -0.130. The molecule has 0 atom stereocenters. The van der Waals surface area contributed by atoms with Crippen molar-refractivity contribution < 1.29 is 9.18 Å². The zero-order chi connectivity index (χ0) is 26.1. The predicted molar refractivity (Wildman–Crippen MR) is 144 cm³/mol. The predicted octanol–water partition coefficient (Wildman–Crippen LogP) is 4.48. The van der Waals surface area contributed by atoms with E-state index in [1.807, 2.05) is 45.7 Å². The number of carbonyl (C=O) groups is 1. The van der Waals surface area contributed by atoms with Crippen LogP contribution < -0.4 is 5.56 Å². The van der Waals surface area contributed by atoms with Gasteiger partial charge in [-0.05, 0) is 47.4 Å². The molecule has 3 aromatic carbocycles. The normalized spacial score (nSPS) is 13.7. The van der Waals surface area contributed by atoms with Gasteiger partial charge in [-0.25, -0.2) is 4.39 Å². The Morgan fingerprint density at radius 2 is 1.68 bits per heavy atom. The van der Waals surface area contributed by atoms with Crippen LogP contribution in [0.3, 0.4) is 0 Å². The van der Waals surface area contributed by atoms with Gasteiger partial charge >= 0.3 is 0 Å². The Labute approximate surface area is 218 Å². The van der Waals surface area contributed by atoms with E-state index in [1.165, 1.54) is 23.3 Å². The summed E-state index contributed by atoms with van der Waals surface area (Å²) < 4.78 is 16.8. The molecule has 0 unspecified atom stereocenters. The summed E-state index contributed by atoms with van der Waals surface area (Å²) in [5, 5.41) is 9.26. The number of aromatic nitrogens is 4. The Bertz CT molecular complexity index is 1720. The number of aryl methyl sites for hydroxylation is 1. The van der Waals surface area contributed by atoms with E-state index in [1.54, 1.807) is 22.8 Å². The molecule has 3 heterocycles. The summed E-state index contributed by atoms with van der Waals surface area (Å²) in [6.45, 7) is 1.50. The third-order valence-electron chi connectivity index (χ3n) is 7.10. The largest absolute Gasteiger partial charge is 0.339 e. The molecule has 5 aromatic rings. The lowest BCUT2D eigenvalue weighted by Crippen LogP contribution is -2.34. The van der Waals surface area contributed by atoms with Crippen molar-refractivity contribution >= 4 is 28.2 Å². The number of hydrogen-bond donors (Lipinski definition) is 0. The van der Waals surface area contributed by atoms with Crippen LogP contribution in [0.5, 0.6) is 0 Å². The van der Waals surface area contributed by atoms with E-state index in [-0.39, 0.29) is 23.8 Å². The van der Waals surface area contributed by atoms with Gasteiger partial charge in [-0.2, -0.15) is 0 Å². The Balaban J connectivity index is 1.26. The molecule has 38 heavy (non-hydrogen) atoms. The summed E-state index contributed by atoms with van der Waals surface area (Å²) in [7, 11) is 0. The second-order valence-electron chi connectivity index (χ2n) is 9.47. The highest BCUT2D eigenvalue weighted by Gasteiger charge is 2.21. The highest BCUT2D eigenvalue weighted by atomic mass is 19.1. The van der Waals surface area contributed by atoms with Gasteiger partial charge in [0.15, 0.2) is 0 Å². The molecule has 0 saturated heterocycles. The molecular formula is C30H26FN5O2. The molecule has 0 fully saturated rings. The maximum atomic E-state index is 13.4. The molecule has 0 aliphatic carbocycles. The van der Waals surface area contributed by atoms with Crippen molar-refractivity contribution in [1.82, 2.24) is 24.1 Å². The van der Waals surface area contributed by atoms with E-state index in [4.69, 9.17) is 0 Å². The van der Waals surface area contributed by atoms with Crippen LogP contribution in [0.4, 0.5) is 4.39 Å². The van der Waals surface area contributed by atoms with E-state index in [2.05, 4.69) is 28.4 Å².